The molecule has 54 valence electrons. The Kier molecular flexibility index (Phi) is 3.52. The van der Waals surface area contributed by atoms with Gasteiger partial charge in [0.1, 0.15) is 6.17 Å². The maximum absolute atomic E-state index is 12.5. The van der Waals surface area contributed by atoms with Crippen LogP contribution in [0.2, 0.25) is 0 Å². The first kappa shape index (κ1) is 8.67. The average Bonchev–Trinajstić information content (AvgIpc) is 1.84. The van der Waals surface area contributed by atoms with Crippen LogP contribution in [0.4, 0.5) is 4.39 Å². The topological polar surface area (TPSA) is 0 Å². The minimum atomic E-state index is -0.721. The molecule has 1 heteroatoms. The van der Waals surface area contributed by atoms with E-state index in [-0.39, 0.29) is 5.92 Å². The molecule has 0 amide bonds. The molecule has 0 aromatic carbocycles. The zero-order valence-electron chi connectivity index (χ0n) is 6.61. The summed E-state index contributed by atoms with van der Waals surface area (Å²) in [5.41, 5.74) is 1.13. The first-order valence-corrected chi connectivity index (χ1v) is 3.36. The van der Waals surface area contributed by atoms with Gasteiger partial charge in [-0.15, -0.1) is 0 Å². The van der Waals surface area contributed by atoms with Crippen molar-refractivity contribution in [2.24, 2.45) is 5.92 Å². The fraction of sp³-hybridized carbons (Fsp3) is 0.750. The first-order valence-electron chi connectivity index (χ1n) is 3.36. The third kappa shape index (κ3) is 2.64. The monoisotopic (exact) mass is 130 g/mol. The molecule has 0 aliphatic heterocycles. The minimum absolute atomic E-state index is 0.0787. The van der Waals surface area contributed by atoms with Gasteiger partial charge < -0.3 is 0 Å². The fourth-order valence-corrected chi connectivity index (χ4v) is 0.625. The summed E-state index contributed by atoms with van der Waals surface area (Å²) in [5, 5.41) is 0. The Morgan fingerprint density at radius 2 is 1.89 bits per heavy atom. The maximum Gasteiger partial charge on any atom is 0.104 e. The second-order valence-electron chi connectivity index (χ2n) is 2.50. The van der Waals surface area contributed by atoms with Crippen LogP contribution in [0.5, 0.6) is 0 Å². The zero-order valence-corrected chi connectivity index (χ0v) is 6.61. The molecule has 0 N–H and O–H groups in total. The number of hydrogen-bond acceptors (Lipinski definition) is 0. The summed E-state index contributed by atoms with van der Waals surface area (Å²) in [6.07, 6.45) is 1.24. The van der Waals surface area contributed by atoms with Gasteiger partial charge in [-0.1, -0.05) is 18.6 Å². The van der Waals surface area contributed by atoms with Gasteiger partial charge in [-0.3, -0.25) is 0 Å². The van der Waals surface area contributed by atoms with Gasteiger partial charge >= 0.3 is 0 Å². The van der Waals surface area contributed by atoms with Crippen LogP contribution in [0.3, 0.4) is 0 Å². The number of halogens is 1. The van der Waals surface area contributed by atoms with Crippen molar-refractivity contribution in [2.45, 2.75) is 33.9 Å². The van der Waals surface area contributed by atoms with Crippen molar-refractivity contribution in [1.29, 1.82) is 0 Å². The molecule has 0 rings (SSSR count). The Labute approximate surface area is 56.8 Å². The molecule has 0 spiro atoms. The summed E-state index contributed by atoms with van der Waals surface area (Å²) < 4.78 is 12.5. The van der Waals surface area contributed by atoms with E-state index in [2.05, 4.69) is 0 Å². The van der Waals surface area contributed by atoms with Crippen LogP contribution < -0.4 is 0 Å². The number of allylic oxidation sites excluding steroid dienone is 2. The van der Waals surface area contributed by atoms with Crippen molar-refractivity contribution in [2.75, 3.05) is 0 Å². The highest BCUT2D eigenvalue weighted by Crippen LogP contribution is 2.15. The summed E-state index contributed by atoms with van der Waals surface area (Å²) in [5.74, 6) is 0.0787. The van der Waals surface area contributed by atoms with E-state index in [9.17, 15) is 4.39 Å². The Balaban J connectivity index is 3.88. The molecule has 0 nitrogen and oxygen atoms in total. The lowest BCUT2D eigenvalue weighted by molar-refractivity contribution is 0.291. The van der Waals surface area contributed by atoms with Crippen LogP contribution in [0.25, 0.3) is 0 Å². The summed E-state index contributed by atoms with van der Waals surface area (Å²) in [6.45, 7) is 7.40. The van der Waals surface area contributed by atoms with E-state index in [1.807, 2.05) is 26.8 Å². The number of hydrogen-bond donors (Lipinski definition) is 0. The molecular weight excluding hydrogens is 115 g/mol. The van der Waals surface area contributed by atoms with E-state index in [0.717, 1.165) is 5.57 Å². The molecule has 0 bridgehead atoms. The van der Waals surface area contributed by atoms with Crippen LogP contribution in [0, 0.1) is 5.92 Å². The minimum Gasteiger partial charge on any atom is -0.247 e. The zero-order chi connectivity index (χ0) is 7.44. The summed E-state index contributed by atoms with van der Waals surface area (Å²) in [7, 11) is 0. The Bertz CT molecular complexity index is 103. The maximum atomic E-state index is 12.5. The van der Waals surface area contributed by atoms with Crippen molar-refractivity contribution >= 4 is 0 Å². The van der Waals surface area contributed by atoms with Gasteiger partial charge in [-0.25, -0.2) is 4.39 Å². The quantitative estimate of drug-likeness (QED) is 0.504. The van der Waals surface area contributed by atoms with Crippen molar-refractivity contribution in [3.8, 4) is 0 Å². The highest BCUT2D eigenvalue weighted by atomic mass is 19.1. The van der Waals surface area contributed by atoms with Gasteiger partial charge in [-0.05, 0) is 20.8 Å². The first-order chi connectivity index (χ1) is 4.09. The lowest BCUT2D eigenvalue weighted by Gasteiger charge is -2.11. The van der Waals surface area contributed by atoms with Gasteiger partial charge in [0.25, 0.3) is 0 Å². The standard InChI is InChI=1S/C8H15F/c1-5-6(2)7(3)8(4)9/h5,7-8H,1-4H3. The van der Waals surface area contributed by atoms with E-state index in [1.54, 1.807) is 6.92 Å². The third-order valence-electron chi connectivity index (χ3n) is 1.86. The Morgan fingerprint density at radius 1 is 1.44 bits per heavy atom. The van der Waals surface area contributed by atoms with Gasteiger partial charge in [0.15, 0.2) is 0 Å². The SMILES string of the molecule is CC=C(C)C(C)C(C)F. The van der Waals surface area contributed by atoms with E-state index >= 15 is 0 Å². The molecule has 0 heterocycles. The summed E-state index contributed by atoms with van der Waals surface area (Å²) in [6, 6.07) is 0. The number of alkyl halides is 1. The molecule has 0 aliphatic carbocycles. The Hall–Kier alpha value is -0.330. The average molecular weight is 130 g/mol. The molecule has 9 heavy (non-hydrogen) atoms. The van der Waals surface area contributed by atoms with E-state index in [0.29, 0.717) is 0 Å². The van der Waals surface area contributed by atoms with Crippen molar-refractivity contribution in [3.63, 3.8) is 0 Å². The van der Waals surface area contributed by atoms with Crippen LogP contribution in [-0.2, 0) is 0 Å². The molecule has 0 radical (unpaired) electrons. The molecule has 2 unspecified atom stereocenters. The third-order valence-corrected chi connectivity index (χ3v) is 1.86. The summed E-state index contributed by atoms with van der Waals surface area (Å²) in [4.78, 5) is 0. The molecular formula is C8H15F. The van der Waals surface area contributed by atoms with Crippen LogP contribution >= 0.6 is 0 Å². The molecule has 2 atom stereocenters. The molecule has 0 saturated heterocycles. The second kappa shape index (κ2) is 3.65. The van der Waals surface area contributed by atoms with Crippen LogP contribution in [0.15, 0.2) is 11.6 Å². The highest BCUT2D eigenvalue weighted by Gasteiger charge is 2.10. The highest BCUT2D eigenvalue weighted by molar-refractivity contribution is 5.01. The summed E-state index contributed by atoms with van der Waals surface area (Å²) >= 11 is 0. The van der Waals surface area contributed by atoms with E-state index < -0.39 is 6.17 Å². The van der Waals surface area contributed by atoms with Crippen LogP contribution in [-0.4, -0.2) is 6.17 Å². The normalized spacial score (nSPS) is 19.4. The van der Waals surface area contributed by atoms with E-state index in [4.69, 9.17) is 0 Å². The van der Waals surface area contributed by atoms with Crippen molar-refractivity contribution in [3.05, 3.63) is 11.6 Å². The smallest absolute Gasteiger partial charge is 0.104 e. The van der Waals surface area contributed by atoms with Gasteiger partial charge in [0.05, 0.1) is 0 Å². The lowest BCUT2D eigenvalue weighted by atomic mass is 9.99. The predicted octanol–water partition coefficient (Wildman–Crippen LogP) is 2.95. The van der Waals surface area contributed by atoms with Crippen molar-refractivity contribution < 1.29 is 4.39 Å². The van der Waals surface area contributed by atoms with Crippen molar-refractivity contribution in [1.82, 2.24) is 0 Å². The fourth-order valence-electron chi connectivity index (χ4n) is 0.625. The van der Waals surface area contributed by atoms with Gasteiger partial charge in [-0.2, -0.15) is 0 Å². The largest absolute Gasteiger partial charge is 0.247 e. The molecule has 0 fully saturated rings. The predicted molar refractivity (Wildman–Crippen MR) is 39.2 cm³/mol. The second-order valence-corrected chi connectivity index (χ2v) is 2.50. The van der Waals surface area contributed by atoms with E-state index in [1.165, 1.54) is 0 Å². The van der Waals surface area contributed by atoms with Gasteiger partial charge in [0.2, 0.25) is 0 Å². The van der Waals surface area contributed by atoms with Gasteiger partial charge in [0, 0.05) is 5.92 Å². The lowest BCUT2D eigenvalue weighted by Crippen LogP contribution is -2.08. The molecule has 0 aliphatic rings. The molecule has 0 saturated carbocycles. The molecule has 0 aromatic heterocycles. The Morgan fingerprint density at radius 3 is 2.00 bits per heavy atom. The molecule has 0 aromatic rings. The van der Waals surface area contributed by atoms with Crippen LogP contribution in [0.1, 0.15) is 27.7 Å². The number of rotatable bonds is 2.